The molecular weight excluding hydrogens is 338 g/mol. The molecule has 0 aromatic carbocycles. The molecule has 0 unspecified atom stereocenters. The third-order valence-electron chi connectivity index (χ3n) is 3.70. The number of thiophene rings is 1. The first-order chi connectivity index (χ1) is 10.5. The van der Waals surface area contributed by atoms with Crippen LogP contribution in [0.2, 0.25) is 5.15 Å². The van der Waals surface area contributed by atoms with Crippen molar-refractivity contribution in [1.29, 1.82) is 0 Å². The molecule has 1 fully saturated rings. The third-order valence-corrected chi connectivity index (χ3v) is 6.15. The van der Waals surface area contributed by atoms with Crippen LogP contribution in [0.4, 0.5) is 0 Å². The molecule has 3 rings (SSSR count). The molecule has 22 heavy (non-hydrogen) atoms. The maximum absolute atomic E-state index is 12.1. The highest BCUT2D eigenvalue weighted by molar-refractivity contribution is 7.99. The molecule has 0 saturated carbocycles. The number of carbonyl (C=O) groups excluding carboxylic acids is 1. The van der Waals surface area contributed by atoms with Gasteiger partial charge in [-0.2, -0.15) is 0 Å². The second kappa shape index (κ2) is 6.72. The first kappa shape index (κ1) is 16.0. The SMILES string of the molecule is CC(C)c1cc2c(Cl)nc(SCC(=O)N3CCCC3)nc2s1. The number of hydrogen-bond acceptors (Lipinski definition) is 5. The Labute approximate surface area is 143 Å². The van der Waals surface area contributed by atoms with Gasteiger partial charge in [0.1, 0.15) is 9.98 Å². The summed E-state index contributed by atoms with van der Waals surface area (Å²) in [4.78, 5) is 25.0. The first-order valence-corrected chi connectivity index (χ1v) is 9.60. The molecule has 1 amide bonds. The fraction of sp³-hybridized carbons (Fsp3) is 0.533. The molecule has 7 heteroatoms. The van der Waals surface area contributed by atoms with Gasteiger partial charge in [-0.3, -0.25) is 4.79 Å². The molecule has 1 aliphatic rings. The summed E-state index contributed by atoms with van der Waals surface area (Å²) in [7, 11) is 0. The minimum Gasteiger partial charge on any atom is -0.342 e. The zero-order chi connectivity index (χ0) is 15.7. The molecule has 3 heterocycles. The highest BCUT2D eigenvalue weighted by atomic mass is 35.5. The van der Waals surface area contributed by atoms with Crippen LogP contribution in [0.1, 0.15) is 37.5 Å². The van der Waals surface area contributed by atoms with Crippen molar-refractivity contribution in [1.82, 2.24) is 14.9 Å². The topological polar surface area (TPSA) is 46.1 Å². The number of aromatic nitrogens is 2. The fourth-order valence-corrected chi connectivity index (χ4v) is 4.59. The number of rotatable bonds is 4. The van der Waals surface area contributed by atoms with E-state index in [0.29, 0.717) is 22.0 Å². The maximum Gasteiger partial charge on any atom is 0.233 e. The fourth-order valence-electron chi connectivity index (χ4n) is 2.42. The molecule has 0 aliphatic carbocycles. The van der Waals surface area contributed by atoms with Gasteiger partial charge < -0.3 is 4.90 Å². The lowest BCUT2D eigenvalue weighted by Crippen LogP contribution is -2.29. The Balaban J connectivity index is 1.75. The van der Waals surface area contributed by atoms with E-state index in [0.717, 1.165) is 36.1 Å². The van der Waals surface area contributed by atoms with Gasteiger partial charge in [0.2, 0.25) is 5.91 Å². The number of fused-ring (bicyclic) bond motifs is 1. The molecule has 2 aromatic rings. The largest absolute Gasteiger partial charge is 0.342 e. The summed E-state index contributed by atoms with van der Waals surface area (Å²) in [5, 5.41) is 1.97. The van der Waals surface area contributed by atoms with Crippen molar-refractivity contribution in [2.24, 2.45) is 0 Å². The van der Waals surface area contributed by atoms with Gasteiger partial charge >= 0.3 is 0 Å². The molecule has 4 nitrogen and oxygen atoms in total. The van der Waals surface area contributed by atoms with E-state index in [-0.39, 0.29) is 5.91 Å². The quantitative estimate of drug-likeness (QED) is 0.469. The summed E-state index contributed by atoms with van der Waals surface area (Å²) in [6.45, 7) is 6.05. The van der Waals surface area contributed by atoms with Crippen LogP contribution in [0.15, 0.2) is 11.2 Å². The summed E-state index contributed by atoms with van der Waals surface area (Å²) in [6.07, 6.45) is 2.22. The number of halogens is 1. The second-order valence-electron chi connectivity index (χ2n) is 5.70. The molecule has 0 spiro atoms. The predicted molar refractivity (Wildman–Crippen MR) is 93.1 cm³/mol. The Morgan fingerprint density at radius 1 is 1.41 bits per heavy atom. The van der Waals surface area contributed by atoms with E-state index in [4.69, 9.17) is 11.6 Å². The van der Waals surface area contributed by atoms with Crippen molar-refractivity contribution < 1.29 is 4.79 Å². The van der Waals surface area contributed by atoms with Gasteiger partial charge in [0.25, 0.3) is 0 Å². The Morgan fingerprint density at radius 3 is 2.82 bits per heavy atom. The number of carbonyl (C=O) groups is 1. The third kappa shape index (κ3) is 3.39. The van der Waals surface area contributed by atoms with E-state index in [1.54, 1.807) is 11.3 Å². The molecule has 0 radical (unpaired) electrons. The van der Waals surface area contributed by atoms with Crippen LogP contribution in [0, 0.1) is 0 Å². The van der Waals surface area contributed by atoms with Gasteiger partial charge in [-0.05, 0) is 24.8 Å². The monoisotopic (exact) mass is 355 g/mol. The lowest BCUT2D eigenvalue weighted by molar-refractivity contribution is -0.127. The molecule has 0 atom stereocenters. The Hall–Kier alpha value is -0.850. The highest BCUT2D eigenvalue weighted by Crippen LogP contribution is 2.34. The molecule has 2 aromatic heterocycles. The molecule has 1 aliphatic heterocycles. The standard InChI is InChI=1S/C15H18ClN3OS2/c1-9(2)11-7-10-13(16)17-15(18-14(10)22-11)21-8-12(20)19-5-3-4-6-19/h7,9H,3-6,8H2,1-2H3. The van der Waals surface area contributed by atoms with Crippen molar-refractivity contribution in [2.45, 2.75) is 37.8 Å². The van der Waals surface area contributed by atoms with Gasteiger partial charge in [-0.25, -0.2) is 9.97 Å². The zero-order valence-electron chi connectivity index (χ0n) is 12.6. The average Bonchev–Trinajstić information content (AvgIpc) is 3.13. The van der Waals surface area contributed by atoms with E-state index in [2.05, 4.69) is 29.9 Å². The molecular formula is C15H18ClN3OS2. The van der Waals surface area contributed by atoms with Crippen LogP contribution in [0.3, 0.4) is 0 Å². The van der Waals surface area contributed by atoms with Crippen molar-refractivity contribution in [3.8, 4) is 0 Å². The Kier molecular flexibility index (Phi) is 4.90. The van der Waals surface area contributed by atoms with Crippen molar-refractivity contribution >= 4 is 50.8 Å². The van der Waals surface area contributed by atoms with Crippen LogP contribution >= 0.6 is 34.7 Å². The summed E-state index contributed by atoms with van der Waals surface area (Å²) < 4.78 is 0. The van der Waals surface area contributed by atoms with Gasteiger partial charge in [0, 0.05) is 23.4 Å². The molecule has 118 valence electrons. The number of likely N-dealkylation sites (tertiary alicyclic amines) is 1. The van der Waals surface area contributed by atoms with E-state index in [1.807, 2.05) is 4.90 Å². The minimum absolute atomic E-state index is 0.163. The average molecular weight is 356 g/mol. The zero-order valence-corrected chi connectivity index (χ0v) is 15.0. The smallest absolute Gasteiger partial charge is 0.233 e. The lowest BCUT2D eigenvalue weighted by Gasteiger charge is -2.14. The van der Waals surface area contributed by atoms with Crippen LogP contribution in [-0.2, 0) is 4.79 Å². The normalized spacial score (nSPS) is 15.2. The van der Waals surface area contributed by atoms with Gasteiger partial charge in [0.05, 0.1) is 5.75 Å². The van der Waals surface area contributed by atoms with E-state index in [9.17, 15) is 4.79 Å². The number of amides is 1. The van der Waals surface area contributed by atoms with Crippen LogP contribution in [0.25, 0.3) is 10.2 Å². The first-order valence-electron chi connectivity index (χ1n) is 7.42. The minimum atomic E-state index is 0.163. The van der Waals surface area contributed by atoms with Crippen LogP contribution in [-0.4, -0.2) is 39.6 Å². The summed E-state index contributed by atoms with van der Waals surface area (Å²) >= 11 is 9.29. The van der Waals surface area contributed by atoms with E-state index in [1.165, 1.54) is 16.6 Å². The number of thioether (sulfide) groups is 1. The molecule has 0 bridgehead atoms. The summed E-state index contributed by atoms with van der Waals surface area (Å²) in [5.41, 5.74) is 0. The van der Waals surface area contributed by atoms with Gasteiger partial charge in [-0.1, -0.05) is 37.2 Å². The van der Waals surface area contributed by atoms with Crippen molar-refractivity contribution in [3.63, 3.8) is 0 Å². The number of nitrogens with zero attached hydrogens (tertiary/aromatic N) is 3. The van der Waals surface area contributed by atoms with Crippen molar-refractivity contribution in [2.75, 3.05) is 18.8 Å². The van der Waals surface area contributed by atoms with Gasteiger partial charge in [-0.15, -0.1) is 11.3 Å². The van der Waals surface area contributed by atoms with E-state index >= 15 is 0 Å². The molecule has 0 N–H and O–H groups in total. The molecule has 1 saturated heterocycles. The number of hydrogen-bond donors (Lipinski definition) is 0. The van der Waals surface area contributed by atoms with Crippen LogP contribution in [0.5, 0.6) is 0 Å². The van der Waals surface area contributed by atoms with Crippen molar-refractivity contribution in [3.05, 3.63) is 16.1 Å². The van der Waals surface area contributed by atoms with E-state index < -0.39 is 0 Å². The van der Waals surface area contributed by atoms with Gasteiger partial charge in [0.15, 0.2) is 5.16 Å². The van der Waals surface area contributed by atoms with Crippen LogP contribution < -0.4 is 0 Å². The predicted octanol–water partition coefficient (Wildman–Crippen LogP) is 4.18. The highest BCUT2D eigenvalue weighted by Gasteiger charge is 2.19. The maximum atomic E-state index is 12.1. The summed E-state index contributed by atoms with van der Waals surface area (Å²) in [6, 6.07) is 2.07. The Bertz CT molecular complexity index is 695. The second-order valence-corrected chi connectivity index (χ2v) is 8.06. The summed E-state index contributed by atoms with van der Waals surface area (Å²) in [5.74, 6) is 0.990. The Morgan fingerprint density at radius 2 is 2.14 bits per heavy atom. The lowest BCUT2D eigenvalue weighted by atomic mass is 10.2.